The summed E-state index contributed by atoms with van der Waals surface area (Å²) in [6.45, 7) is 5.03. The number of hydrogen-bond donors (Lipinski definition) is 1. The first kappa shape index (κ1) is 15.5. The summed E-state index contributed by atoms with van der Waals surface area (Å²) in [5, 5.41) is 9.32. The highest BCUT2D eigenvalue weighted by atomic mass is 16.4. The van der Waals surface area contributed by atoms with E-state index < -0.39 is 11.9 Å². The summed E-state index contributed by atoms with van der Waals surface area (Å²) in [6.07, 6.45) is 4.66. The molecule has 5 nitrogen and oxygen atoms in total. The van der Waals surface area contributed by atoms with E-state index in [1.54, 1.807) is 17.3 Å². The van der Waals surface area contributed by atoms with E-state index in [4.69, 9.17) is 0 Å². The van der Waals surface area contributed by atoms with Crippen LogP contribution in [0.25, 0.3) is 0 Å². The Hall–Kier alpha value is -1.91. The molecule has 1 unspecified atom stereocenters. The number of nitrogens with zero attached hydrogens (tertiary/aromatic N) is 2. The lowest BCUT2D eigenvalue weighted by Gasteiger charge is -2.26. The van der Waals surface area contributed by atoms with Crippen LogP contribution < -0.4 is 0 Å². The van der Waals surface area contributed by atoms with Gasteiger partial charge in [-0.25, -0.2) is 0 Å². The lowest BCUT2D eigenvalue weighted by Crippen LogP contribution is -2.38. The molecular formula is C16H22N2O3. The quantitative estimate of drug-likeness (QED) is 0.902. The van der Waals surface area contributed by atoms with Gasteiger partial charge < -0.3 is 10.0 Å². The minimum absolute atomic E-state index is 0.0361. The molecule has 3 atom stereocenters. The van der Waals surface area contributed by atoms with Crippen molar-refractivity contribution in [1.82, 2.24) is 9.88 Å². The second-order valence-electron chi connectivity index (χ2n) is 5.84. The van der Waals surface area contributed by atoms with Gasteiger partial charge in [0.2, 0.25) is 5.91 Å². The standard InChI is InChI=1S/C16H22N2O3/c1-3-18(10-12-4-6-17-7-5-12)15(19)13-8-11(2)9-14(13)16(20)21/h4-7,11,13-14H,3,8-10H2,1-2H3,(H,20,21)/t11?,13-,14+/m0/s1. The molecule has 1 aliphatic carbocycles. The van der Waals surface area contributed by atoms with E-state index in [0.717, 1.165) is 5.56 Å². The molecule has 1 fully saturated rings. The number of amides is 1. The normalized spacial score (nSPS) is 24.8. The van der Waals surface area contributed by atoms with Crippen LogP contribution in [0.3, 0.4) is 0 Å². The van der Waals surface area contributed by atoms with E-state index >= 15 is 0 Å². The molecule has 1 amide bonds. The molecule has 1 heterocycles. The van der Waals surface area contributed by atoms with Crippen molar-refractivity contribution in [1.29, 1.82) is 0 Å². The summed E-state index contributed by atoms with van der Waals surface area (Å²) in [7, 11) is 0. The van der Waals surface area contributed by atoms with Gasteiger partial charge in [0, 0.05) is 25.5 Å². The Balaban J connectivity index is 2.10. The van der Waals surface area contributed by atoms with Gasteiger partial charge in [0.1, 0.15) is 0 Å². The van der Waals surface area contributed by atoms with Gasteiger partial charge in [0.05, 0.1) is 11.8 Å². The minimum atomic E-state index is -0.849. The van der Waals surface area contributed by atoms with E-state index in [2.05, 4.69) is 4.98 Å². The Bertz CT molecular complexity index is 504. The largest absolute Gasteiger partial charge is 0.481 e. The molecule has 1 saturated carbocycles. The van der Waals surface area contributed by atoms with Gasteiger partial charge in [-0.2, -0.15) is 0 Å². The highest BCUT2D eigenvalue weighted by Crippen LogP contribution is 2.37. The number of aliphatic carboxylic acids is 1. The number of carboxylic acids is 1. The van der Waals surface area contributed by atoms with Crippen LogP contribution in [0.15, 0.2) is 24.5 Å². The average molecular weight is 290 g/mol. The lowest BCUT2D eigenvalue weighted by molar-refractivity contribution is -0.149. The third-order valence-corrected chi connectivity index (χ3v) is 4.25. The third-order valence-electron chi connectivity index (χ3n) is 4.25. The summed E-state index contributed by atoms with van der Waals surface area (Å²) in [4.78, 5) is 29.7. The van der Waals surface area contributed by atoms with Gasteiger partial charge in [-0.1, -0.05) is 6.92 Å². The van der Waals surface area contributed by atoms with Crippen LogP contribution in [-0.2, 0) is 16.1 Å². The number of carbonyl (C=O) groups excluding carboxylic acids is 1. The number of carbonyl (C=O) groups is 2. The molecule has 1 aliphatic rings. The molecular weight excluding hydrogens is 268 g/mol. The minimum Gasteiger partial charge on any atom is -0.481 e. The maximum Gasteiger partial charge on any atom is 0.307 e. The van der Waals surface area contributed by atoms with Crippen molar-refractivity contribution in [3.63, 3.8) is 0 Å². The second kappa shape index (κ2) is 6.70. The van der Waals surface area contributed by atoms with E-state index in [9.17, 15) is 14.7 Å². The summed E-state index contributed by atoms with van der Waals surface area (Å²) < 4.78 is 0. The predicted molar refractivity (Wildman–Crippen MR) is 78.3 cm³/mol. The average Bonchev–Trinajstić information content (AvgIpc) is 2.87. The molecule has 0 aliphatic heterocycles. The van der Waals surface area contributed by atoms with E-state index in [-0.39, 0.29) is 11.8 Å². The molecule has 0 saturated heterocycles. The van der Waals surface area contributed by atoms with Crippen LogP contribution in [-0.4, -0.2) is 33.4 Å². The molecule has 21 heavy (non-hydrogen) atoms. The zero-order chi connectivity index (χ0) is 15.4. The first-order chi connectivity index (χ1) is 10.0. The molecule has 1 aromatic rings. The van der Waals surface area contributed by atoms with E-state index in [1.807, 2.05) is 26.0 Å². The van der Waals surface area contributed by atoms with Crippen molar-refractivity contribution in [3.05, 3.63) is 30.1 Å². The Morgan fingerprint density at radius 1 is 1.29 bits per heavy atom. The third kappa shape index (κ3) is 3.60. The fraction of sp³-hybridized carbons (Fsp3) is 0.562. The van der Waals surface area contributed by atoms with Crippen LogP contribution in [0.1, 0.15) is 32.3 Å². The number of aromatic nitrogens is 1. The number of hydrogen-bond acceptors (Lipinski definition) is 3. The SMILES string of the molecule is CCN(Cc1ccncc1)C(=O)[C@H]1CC(C)C[C@H]1C(=O)O. The van der Waals surface area contributed by atoms with Crippen LogP contribution in [0, 0.1) is 17.8 Å². The van der Waals surface area contributed by atoms with Crippen molar-refractivity contribution in [2.24, 2.45) is 17.8 Å². The Morgan fingerprint density at radius 2 is 1.90 bits per heavy atom. The topological polar surface area (TPSA) is 70.5 Å². The molecule has 114 valence electrons. The maximum absolute atomic E-state index is 12.7. The first-order valence-electron chi connectivity index (χ1n) is 7.43. The van der Waals surface area contributed by atoms with Crippen molar-refractivity contribution in [2.45, 2.75) is 33.2 Å². The molecule has 0 spiro atoms. The molecule has 2 rings (SSSR count). The van der Waals surface area contributed by atoms with Crippen molar-refractivity contribution >= 4 is 11.9 Å². The Labute approximate surface area is 125 Å². The number of rotatable bonds is 5. The van der Waals surface area contributed by atoms with Gasteiger partial charge in [-0.3, -0.25) is 14.6 Å². The van der Waals surface area contributed by atoms with Crippen LogP contribution in [0.5, 0.6) is 0 Å². The molecule has 0 aromatic carbocycles. The Morgan fingerprint density at radius 3 is 2.48 bits per heavy atom. The van der Waals surface area contributed by atoms with Crippen molar-refractivity contribution < 1.29 is 14.7 Å². The van der Waals surface area contributed by atoms with Gasteiger partial charge in [-0.05, 0) is 43.4 Å². The second-order valence-corrected chi connectivity index (χ2v) is 5.84. The number of carboxylic acid groups (broad SMARTS) is 1. The fourth-order valence-corrected chi connectivity index (χ4v) is 3.13. The highest BCUT2D eigenvalue weighted by Gasteiger charge is 2.42. The van der Waals surface area contributed by atoms with Crippen molar-refractivity contribution in [2.75, 3.05) is 6.54 Å². The summed E-state index contributed by atoms with van der Waals surface area (Å²) >= 11 is 0. The van der Waals surface area contributed by atoms with Gasteiger partial charge >= 0.3 is 5.97 Å². The van der Waals surface area contributed by atoms with E-state index in [1.165, 1.54) is 0 Å². The molecule has 0 bridgehead atoms. The Kier molecular flexibility index (Phi) is 4.94. The molecule has 1 aromatic heterocycles. The maximum atomic E-state index is 12.7. The number of pyridine rings is 1. The fourth-order valence-electron chi connectivity index (χ4n) is 3.13. The summed E-state index contributed by atoms with van der Waals surface area (Å²) in [5.74, 6) is -1.53. The van der Waals surface area contributed by atoms with Crippen LogP contribution >= 0.6 is 0 Å². The molecule has 1 N–H and O–H groups in total. The zero-order valence-corrected chi connectivity index (χ0v) is 12.5. The van der Waals surface area contributed by atoms with Gasteiger partial charge in [-0.15, -0.1) is 0 Å². The van der Waals surface area contributed by atoms with E-state index in [0.29, 0.717) is 31.8 Å². The highest BCUT2D eigenvalue weighted by molar-refractivity contribution is 5.85. The first-order valence-corrected chi connectivity index (χ1v) is 7.43. The van der Waals surface area contributed by atoms with Crippen LogP contribution in [0.4, 0.5) is 0 Å². The van der Waals surface area contributed by atoms with Gasteiger partial charge in [0.25, 0.3) is 0 Å². The lowest BCUT2D eigenvalue weighted by atomic mass is 9.94. The summed E-state index contributed by atoms with van der Waals surface area (Å²) in [6, 6.07) is 3.75. The molecule has 0 radical (unpaired) electrons. The molecule has 5 heteroatoms. The van der Waals surface area contributed by atoms with Crippen LogP contribution in [0.2, 0.25) is 0 Å². The van der Waals surface area contributed by atoms with Crippen molar-refractivity contribution in [3.8, 4) is 0 Å². The van der Waals surface area contributed by atoms with Gasteiger partial charge in [0.15, 0.2) is 0 Å². The monoisotopic (exact) mass is 290 g/mol. The zero-order valence-electron chi connectivity index (χ0n) is 12.5. The summed E-state index contributed by atoms with van der Waals surface area (Å²) in [5.41, 5.74) is 1.01. The predicted octanol–water partition coefficient (Wildman–Crippen LogP) is 2.18. The smallest absolute Gasteiger partial charge is 0.307 e.